The molecule has 8 heteroatoms. The Hall–Kier alpha value is -1.89. The summed E-state index contributed by atoms with van der Waals surface area (Å²) in [5.41, 5.74) is 1.72. The Morgan fingerprint density at radius 1 is 1.00 bits per heavy atom. The molecule has 0 spiro atoms. The maximum atomic E-state index is 6.02. The minimum Gasteiger partial charge on any atom is -0.497 e. The van der Waals surface area contributed by atoms with E-state index in [1.165, 1.54) is 11.8 Å². The van der Waals surface area contributed by atoms with E-state index in [2.05, 4.69) is 10.2 Å². The van der Waals surface area contributed by atoms with E-state index in [4.69, 9.17) is 37.1 Å². The summed E-state index contributed by atoms with van der Waals surface area (Å²) in [6.45, 7) is 0. The second kappa shape index (κ2) is 7.99. The van der Waals surface area contributed by atoms with E-state index in [1.54, 1.807) is 26.4 Å². The van der Waals surface area contributed by atoms with Crippen LogP contribution in [0.1, 0.15) is 5.56 Å². The van der Waals surface area contributed by atoms with Crippen LogP contribution < -0.4 is 9.47 Å². The van der Waals surface area contributed by atoms with Gasteiger partial charge in [0, 0.05) is 11.8 Å². The quantitative estimate of drug-likeness (QED) is 0.523. The average molecular weight is 397 g/mol. The molecule has 0 unspecified atom stereocenters. The van der Waals surface area contributed by atoms with Gasteiger partial charge in [-0.2, -0.15) is 0 Å². The molecule has 3 rings (SSSR count). The number of nitrogens with zero attached hydrogens (tertiary/aromatic N) is 2. The first kappa shape index (κ1) is 17.9. The van der Waals surface area contributed by atoms with Crippen molar-refractivity contribution in [2.45, 2.75) is 11.0 Å². The Morgan fingerprint density at radius 3 is 2.56 bits per heavy atom. The third-order valence-corrected chi connectivity index (χ3v) is 5.02. The van der Waals surface area contributed by atoms with E-state index in [0.717, 1.165) is 5.56 Å². The Kier molecular flexibility index (Phi) is 5.73. The monoisotopic (exact) mass is 396 g/mol. The Morgan fingerprint density at radius 2 is 1.84 bits per heavy atom. The Bertz CT molecular complexity index is 886. The third-order valence-electron chi connectivity index (χ3n) is 3.39. The number of thioether (sulfide) groups is 1. The molecule has 0 aliphatic heterocycles. The molecule has 0 aliphatic rings. The molecule has 0 atom stereocenters. The highest BCUT2D eigenvalue weighted by atomic mass is 35.5. The van der Waals surface area contributed by atoms with Gasteiger partial charge in [0.2, 0.25) is 0 Å². The zero-order chi connectivity index (χ0) is 17.8. The maximum Gasteiger partial charge on any atom is 0.277 e. The van der Waals surface area contributed by atoms with Crippen molar-refractivity contribution in [3.8, 4) is 23.0 Å². The minimum absolute atomic E-state index is 0.385. The summed E-state index contributed by atoms with van der Waals surface area (Å²) in [6, 6.07) is 10.9. The Labute approximate surface area is 159 Å². The number of methoxy groups -OCH3 is 2. The molecular weight excluding hydrogens is 383 g/mol. The lowest BCUT2D eigenvalue weighted by atomic mass is 10.2. The second-order valence-electron chi connectivity index (χ2n) is 4.98. The minimum atomic E-state index is 0.385. The molecule has 130 valence electrons. The van der Waals surface area contributed by atoms with Gasteiger partial charge in [0.15, 0.2) is 0 Å². The van der Waals surface area contributed by atoms with Crippen molar-refractivity contribution in [3.05, 3.63) is 52.0 Å². The molecule has 25 heavy (non-hydrogen) atoms. The first-order valence-electron chi connectivity index (χ1n) is 7.23. The van der Waals surface area contributed by atoms with Gasteiger partial charge < -0.3 is 13.9 Å². The van der Waals surface area contributed by atoms with Crippen molar-refractivity contribution in [2.24, 2.45) is 0 Å². The van der Waals surface area contributed by atoms with Crippen LogP contribution in [0.4, 0.5) is 0 Å². The highest BCUT2D eigenvalue weighted by Gasteiger charge is 2.15. The standard InChI is InChI=1S/C17H14Cl2N2O3S/c1-22-11-4-5-12(15(8-11)23-2)16-20-21-17(24-16)25-9-10-3-6-13(18)14(19)7-10/h3-8H,9H2,1-2H3. The summed E-state index contributed by atoms with van der Waals surface area (Å²) in [5.74, 6) is 2.31. The van der Waals surface area contributed by atoms with Crippen LogP contribution in [0.5, 0.6) is 11.5 Å². The topological polar surface area (TPSA) is 57.4 Å². The second-order valence-corrected chi connectivity index (χ2v) is 6.72. The van der Waals surface area contributed by atoms with Crippen LogP contribution >= 0.6 is 35.0 Å². The molecule has 1 aromatic heterocycles. The van der Waals surface area contributed by atoms with Crippen LogP contribution in [0.25, 0.3) is 11.5 Å². The fourth-order valence-electron chi connectivity index (χ4n) is 2.13. The van der Waals surface area contributed by atoms with Crippen molar-refractivity contribution >= 4 is 35.0 Å². The maximum absolute atomic E-state index is 6.02. The van der Waals surface area contributed by atoms with Crippen LogP contribution in [-0.2, 0) is 5.75 Å². The fourth-order valence-corrected chi connectivity index (χ4v) is 3.15. The summed E-state index contributed by atoms with van der Waals surface area (Å²) in [6.07, 6.45) is 0. The highest BCUT2D eigenvalue weighted by Crippen LogP contribution is 2.34. The molecule has 3 aromatic rings. The number of hydrogen-bond donors (Lipinski definition) is 0. The molecule has 0 amide bonds. The van der Waals surface area contributed by atoms with Crippen molar-refractivity contribution in [2.75, 3.05) is 14.2 Å². The molecule has 0 bridgehead atoms. The zero-order valence-electron chi connectivity index (χ0n) is 13.5. The molecule has 5 nitrogen and oxygen atoms in total. The van der Waals surface area contributed by atoms with Gasteiger partial charge in [-0.25, -0.2) is 0 Å². The number of aromatic nitrogens is 2. The largest absolute Gasteiger partial charge is 0.497 e. The number of benzene rings is 2. The fraction of sp³-hybridized carbons (Fsp3) is 0.176. The SMILES string of the molecule is COc1ccc(-c2nnc(SCc3ccc(Cl)c(Cl)c3)o2)c(OC)c1. The molecule has 0 fully saturated rings. The first-order chi connectivity index (χ1) is 12.1. The van der Waals surface area contributed by atoms with Gasteiger partial charge in [-0.15, -0.1) is 10.2 Å². The van der Waals surface area contributed by atoms with Gasteiger partial charge >= 0.3 is 0 Å². The third kappa shape index (κ3) is 4.21. The smallest absolute Gasteiger partial charge is 0.277 e. The van der Waals surface area contributed by atoms with E-state index >= 15 is 0 Å². The molecule has 0 saturated carbocycles. The van der Waals surface area contributed by atoms with E-state index in [9.17, 15) is 0 Å². The predicted molar refractivity (Wildman–Crippen MR) is 98.9 cm³/mol. The number of hydrogen-bond acceptors (Lipinski definition) is 6. The van der Waals surface area contributed by atoms with Gasteiger partial charge in [-0.3, -0.25) is 0 Å². The molecule has 0 saturated heterocycles. The van der Waals surface area contributed by atoms with Gasteiger partial charge in [0.05, 0.1) is 29.8 Å². The lowest BCUT2D eigenvalue weighted by molar-refractivity contribution is 0.393. The molecule has 0 N–H and O–H groups in total. The van der Waals surface area contributed by atoms with Gasteiger partial charge in [-0.05, 0) is 29.8 Å². The van der Waals surface area contributed by atoms with Crippen LogP contribution in [0, 0.1) is 0 Å². The Balaban J connectivity index is 1.75. The van der Waals surface area contributed by atoms with Crippen LogP contribution in [0.2, 0.25) is 10.0 Å². The number of rotatable bonds is 6. The van der Waals surface area contributed by atoms with Crippen molar-refractivity contribution in [1.82, 2.24) is 10.2 Å². The van der Waals surface area contributed by atoms with Gasteiger partial charge in [-0.1, -0.05) is 41.0 Å². The van der Waals surface area contributed by atoms with Crippen LogP contribution in [-0.4, -0.2) is 24.4 Å². The van der Waals surface area contributed by atoms with E-state index < -0.39 is 0 Å². The van der Waals surface area contributed by atoms with Gasteiger partial charge in [0.1, 0.15) is 11.5 Å². The van der Waals surface area contributed by atoms with Crippen LogP contribution in [0.3, 0.4) is 0 Å². The normalized spacial score (nSPS) is 10.7. The summed E-state index contributed by atoms with van der Waals surface area (Å²) in [5, 5.41) is 9.66. The molecule has 2 aromatic carbocycles. The first-order valence-corrected chi connectivity index (χ1v) is 8.97. The summed E-state index contributed by atoms with van der Waals surface area (Å²) < 4.78 is 16.3. The predicted octanol–water partition coefficient (Wildman–Crippen LogP) is 5.35. The van der Waals surface area contributed by atoms with E-state index in [0.29, 0.717) is 44.0 Å². The summed E-state index contributed by atoms with van der Waals surface area (Å²) in [7, 11) is 3.17. The van der Waals surface area contributed by atoms with Crippen molar-refractivity contribution in [1.29, 1.82) is 0 Å². The van der Waals surface area contributed by atoms with E-state index in [1.807, 2.05) is 24.3 Å². The highest BCUT2D eigenvalue weighted by molar-refractivity contribution is 7.98. The van der Waals surface area contributed by atoms with E-state index in [-0.39, 0.29) is 0 Å². The van der Waals surface area contributed by atoms with Crippen molar-refractivity contribution < 1.29 is 13.9 Å². The zero-order valence-corrected chi connectivity index (χ0v) is 15.8. The molecule has 0 aliphatic carbocycles. The lowest BCUT2D eigenvalue weighted by Crippen LogP contribution is -1.90. The molecule has 1 heterocycles. The number of halogens is 2. The summed E-state index contributed by atoms with van der Waals surface area (Å²) >= 11 is 13.4. The average Bonchev–Trinajstić information content (AvgIpc) is 3.11. The van der Waals surface area contributed by atoms with Crippen LogP contribution in [0.15, 0.2) is 46.0 Å². The summed E-state index contributed by atoms with van der Waals surface area (Å²) in [4.78, 5) is 0. The lowest BCUT2D eigenvalue weighted by Gasteiger charge is -2.07. The number of ether oxygens (including phenoxy) is 2. The molecule has 0 radical (unpaired) electrons. The van der Waals surface area contributed by atoms with Gasteiger partial charge in [0.25, 0.3) is 11.1 Å². The molecular formula is C17H14Cl2N2O3S. The van der Waals surface area contributed by atoms with Crippen molar-refractivity contribution in [3.63, 3.8) is 0 Å².